The first-order valence-electron chi connectivity index (χ1n) is 7.82. The molecule has 118 valence electrons. The van der Waals surface area contributed by atoms with Gasteiger partial charge in [-0.3, -0.25) is 4.79 Å². The maximum absolute atomic E-state index is 10.9. The zero-order chi connectivity index (χ0) is 16.8. The van der Waals surface area contributed by atoms with E-state index in [2.05, 4.69) is 30.8 Å². The lowest BCUT2D eigenvalue weighted by atomic mass is 9.94. The largest absolute Gasteiger partial charge is 0.488 e. The Kier molecular flexibility index (Phi) is 4.87. The van der Waals surface area contributed by atoms with E-state index >= 15 is 0 Å². The number of aldehydes is 1. The Balaban J connectivity index is 2.34. The molecule has 0 aromatic heterocycles. The summed E-state index contributed by atoms with van der Waals surface area (Å²) in [5, 5.41) is 2.11. The summed E-state index contributed by atoms with van der Waals surface area (Å²) in [6.07, 6.45) is 5.80. The van der Waals surface area contributed by atoms with Gasteiger partial charge < -0.3 is 4.74 Å². The molecule has 0 amide bonds. The second kappa shape index (κ2) is 7.42. The summed E-state index contributed by atoms with van der Waals surface area (Å²) in [4.78, 5) is 10.9. The maximum Gasteiger partial charge on any atom is 0.142 e. The molecule has 0 spiro atoms. The number of allylic oxidation sites excluding steroid dienone is 1. The van der Waals surface area contributed by atoms with Gasteiger partial charge in [-0.05, 0) is 34.7 Å². The number of fused-ring (bicyclic) bond motifs is 1. The molecule has 0 N–H and O–H groups in total. The first-order valence-corrected chi connectivity index (χ1v) is 7.82. The SMILES string of the molecule is C=CCOc1c(/C=C\C=O)c(-c2ccccc2)cc2ccccc12. The summed E-state index contributed by atoms with van der Waals surface area (Å²) < 4.78 is 5.97. The van der Waals surface area contributed by atoms with Crippen molar-refractivity contribution >= 4 is 23.1 Å². The number of carbonyl (C=O) groups is 1. The molecule has 3 aromatic carbocycles. The van der Waals surface area contributed by atoms with E-state index < -0.39 is 0 Å². The quantitative estimate of drug-likeness (QED) is 0.351. The molecule has 3 aromatic rings. The van der Waals surface area contributed by atoms with E-state index in [0.29, 0.717) is 6.61 Å². The predicted octanol–water partition coefficient (Wildman–Crippen LogP) is 5.28. The van der Waals surface area contributed by atoms with Gasteiger partial charge in [0.1, 0.15) is 18.6 Å². The van der Waals surface area contributed by atoms with Crippen LogP contribution in [0.3, 0.4) is 0 Å². The van der Waals surface area contributed by atoms with Gasteiger partial charge in [-0.25, -0.2) is 0 Å². The van der Waals surface area contributed by atoms with Crippen LogP contribution in [0.25, 0.3) is 28.0 Å². The second-order valence-corrected chi connectivity index (χ2v) is 5.35. The fourth-order valence-electron chi connectivity index (χ4n) is 2.79. The van der Waals surface area contributed by atoms with E-state index in [4.69, 9.17) is 4.74 Å². The standard InChI is InChI=1S/C22H18O2/c1-2-15-24-22-19-12-7-6-11-18(19)16-21(20(22)13-8-14-23)17-9-4-3-5-10-17/h2-14,16H,1,15H2/b13-8-. The third-order valence-corrected chi connectivity index (χ3v) is 3.81. The average Bonchev–Trinajstić information content (AvgIpc) is 2.65. The van der Waals surface area contributed by atoms with Crippen molar-refractivity contribution in [2.24, 2.45) is 0 Å². The highest BCUT2D eigenvalue weighted by molar-refractivity contribution is 5.99. The Hall–Kier alpha value is -3.13. The van der Waals surface area contributed by atoms with Crippen LogP contribution in [0.4, 0.5) is 0 Å². The van der Waals surface area contributed by atoms with Crippen LogP contribution in [-0.4, -0.2) is 12.9 Å². The Morgan fingerprint density at radius 2 is 1.75 bits per heavy atom. The number of hydrogen-bond acceptors (Lipinski definition) is 2. The Bertz CT molecular complexity index is 892. The van der Waals surface area contributed by atoms with Crippen molar-refractivity contribution in [3.8, 4) is 16.9 Å². The minimum Gasteiger partial charge on any atom is -0.488 e. The van der Waals surface area contributed by atoms with Gasteiger partial charge in [0.05, 0.1) is 0 Å². The minimum atomic E-state index is 0.407. The first-order chi connectivity index (χ1) is 11.8. The number of hydrogen-bond donors (Lipinski definition) is 0. The van der Waals surface area contributed by atoms with Gasteiger partial charge in [0.15, 0.2) is 0 Å². The zero-order valence-corrected chi connectivity index (χ0v) is 13.3. The number of ether oxygens (including phenoxy) is 1. The van der Waals surface area contributed by atoms with E-state index in [1.54, 1.807) is 12.2 Å². The highest BCUT2D eigenvalue weighted by Crippen LogP contribution is 2.38. The van der Waals surface area contributed by atoms with Crippen molar-refractivity contribution in [1.29, 1.82) is 0 Å². The third-order valence-electron chi connectivity index (χ3n) is 3.81. The lowest BCUT2D eigenvalue weighted by Crippen LogP contribution is -1.98. The molecule has 0 unspecified atom stereocenters. The number of benzene rings is 3. The normalized spacial score (nSPS) is 10.8. The third kappa shape index (κ3) is 3.13. The van der Waals surface area contributed by atoms with Crippen molar-refractivity contribution in [3.05, 3.63) is 85.0 Å². The van der Waals surface area contributed by atoms with E-state index in [9.17, 15) is 4.79 Å². The van der Waals surface area contributed by atoms with E-state index in [1.165, 1.54) is 6.08 Å². The fraction of sp³-hybridized carbons (Fsp3) is 0.0455. The van der Waals surface area contributed by atoms with Crippen LogP contribution < -0.4 is 4.74 Å². The molecule has 0 aliphatic rings. The highest BCUT2D eigenvalue weighted by Gasteiger charge is 2.14. The monoisotopic (exact) mass is 314 g/mol. The topological polar surface area (TPSA) is 26.3 Å². The molecule has 0 fully saturated rings. The molecular weight excluding hydrogens is 296 g/mol. The first kappa shape index (κ1) is 15.8. The predicted molar refractivity (Wildman–Crippen MR) is 100 cm³/mol. The fourth-order valence-corrected chi connectivity index (χ4v) is 2.79. The van der Waals surface area contributed by atoms with Gasteiger partial charge in [-0.15, -0.1) is 0 Å². The summed E-state index contributed by atoms with van der Waals surface area (Å²) in [5.74, 6) is 0.768. The molecule has 0 heterocycles. The average molecular weight is 314 g/mol. The number of carbonyl (C=O) groups excluding carboxylic acids is 1. The van der Waals surface area contributed by atoms with E-state index in [1.807, 2.05) is 36.4 Å². The number of rotatable bonds is 6. The molecule has 0 bridgehead atoms. The Morgan fingerprint density at radius 1 is 1.00 bits per heavy atom. The van der Waals surface area contributed by atoms with Gasteiger partial charge in [0, 0.05) is 10.9 Å². The Morgan fingerprint density at radius 3 is 2.50 bits per heavy atom. The van der Waals surface area contributed by atoms with Gasteiger partial charge >= 0.3 is 0 Å². The van der Waals surface area contributed by atoms with Gasteiger partial charge in [-0.1, -0.05) is 67.3 Å². The molecule has 3 rings (SSSR count). The van der Waals surface area contributed by atoms with Crippen LogP contribution >= 0.6 is 0 Å². The molecule has 2 nitrogen and oxygen atoms in total. The molecular formula is C22H18O2. The molecule has 0 aliphatic carbocycles. The summed E-state index contributed by atoms with van der Waals surface area (Å²) in [5.41, 5.74) is 3.01. The van der Waals surface area contributed by atoms with Gasteiger partial charge in [-0.2, -0.15) is 0 Å². The molecule has 0 radical (unpaired) electrons. The summed E-state index contributed by atoms with van der Waals surface area (Å²) >= 11 is 0. The van der Waals surface area contributed by atoms with Crippen LogP contribution in [0.1, 0.15) is 5.56 Å². The highest BCUT2D eigenvalue weighted by atomic mass is 16.5. The van der Waals surface area contributed by atoms with E-state index in [-0.39, 0.29) is 0 Å². The van der Waals surface area contributed by atoms with Crippen LogP contribution in [0, 0.1) is 0 Å². The smallest absolute Gasteiger partial charge is 0.142 e. The molecule has 24 heavy (non-hydrogen) atoms. The van der Waals surface area contributed by atoms with Crippen molar-refractivity contribution in [2.75, 3.05) is 6.61 Å². The molecule has 0 aliphatic heterocycles. The zero-order valence-electron chi connectivity index (χ0n) is 13.3. The summed E-state index contributed by atoms with van der Waals surface area (Å²) in [6, 6.07) is 20.3. The lowest BCUT2D eigenvalue weighted by Gasteiger charge is -2.16. The van der Waals surface area contributed by atoms with Crippen molar-refractivity contribution in [2.45, 2.75) is 0 Å². The van der Waals surface area contributed by atoms with Crippen LogP contribution in [0.2, 0.25) is 0 Å². The Labute approximate surface area is 141 Å². The molecule has 2 heteroatoms. The molecule has 0 saturated heterocycles. The van der Waals surface area contributed by atoms with Crippen LogP contribution in [-0.2, 0) is 4.79 Å². The van der Waals surface area contributed by atoms with Crippen LogP contribution in [0.5, 0.6) is 5.75 Å². The summed E-state index contributed by atoms with van der Waals surface area (Å²) in [7, 11) is 0. The molecule has 0 saturated carbocycles. The second-order valence-electron chi connectivity index (χ2n) is 5.35. The van der Waals surface area contributed by atoms with E-state index in [0.717, 1.165) is 39.5 Å². The lowest BCUT2D eigenvalue weighted by molar-refractivity contribution is -0.104. The van der Waals surface area contributed by atoms with Crippen molar-refractivity contribution in [1.82, 2.24) is 0 Å². The van der Waals surface area contributed by atoms with Crippen LogP contribution in [0.15, 0.2) is 79.4 Å². The van der Waals surface area contributed by atoms with Gasteiger partial charge in [0.25, 0.3) is 0 Å². The van der Waals surface area contributed by atoms with Crippen molar-refractivity contribution < 1.29 is 9.53 Å². The minimum absolute atomic E-state index is 0.407. The maximum atomic E-state index is 10.9. The summed E-state index contributed by atoms with van der Waals surface area (Å²) in [6.45, 7) is 4.14. The van der Waals surface area contributed by atoms with Crippen molar-refractivity contribution in [3.63, 3.8) is 0 Å². The molecule has 0 atom stereocenters. The van der Waals surface area contributed by atoms with Gasteiger partial charge in [0.2, 0.25) is 0 Å².